The molecule has 1 aliphatic carbocycles. The maximum absolute atomic E-state index is 11.4. The lowest BCUT2D eigenvalue weighted by molar-refractivity contribution is -0.117. The molecule has 5 nitrogen and oxygen atoms in total. The van der Waals surface area contributed by atoms with Crippen LogP contribution >= 0.6 is 0 Å². The Hall–Kier alpha value is -1.39. The summed E-state index contributed by atoms with van der Waals surface area (Å²) in [7, 11) is 7.42. The van der Waals surface area contributed by atoms with Gasteiger partial charge in [-0.2, -0.15) is 10.2 Å². The summed E-state index contributed by atoms with van der Waals surface area (Å²) < 4.78 is 0. The number of ketones is 1. The first-order valence-electron chi connectivity index (χ1n) is 4.96. The standard InChI is InChI=1S/C10H18N4O/c1-13(2)11-8-5-9(12-14(3)4)7-10(15)6-8/h5-7H2,1-4H3. The number of rotatable bonds is 2. The van der Waals surface area contributed by atoms with E-state index in [1.54, 1.807) is 10.0 Å². The third-order valence-corrected chi connectivity index (χ3v) is 1.89. The van der Waals surface area contributed by atoms with E-state index in [0.29, 0.717) is 19.3 Å². The molecule has 1 fully saturated rings. The second-order valence-corrected chi connectivity index (χ2v) is 4.10. The van der Waals surface area contributed by atoms with Crippen LogP contribution in [0.5, 0.6) is 0 Å². The topological polar surface area (TPSA) is 48.3 Å². The Morgan fingerprint density at radius 2 is 1.27 bits per heavy atom. The third kappa shape index (κ3) is 4.10. The van der Waals surface area contributed by atoms with Crippen molar-refractivity contribution in [3.63, 3.8) is 0 Å². The molecule has 1 rings (SSSR count). The molecule has 0 bridgehead atoms. The van der Waals surface area contributed by atoms with Gasteiger partial charge in [-0.3, -0.25) is 4.79 Å². The number of hydrogen-bond acceptors (Lipinski definition) is 5. The zero-order valence-corrected chi connectivity index (χ0v) is 9.82. The highest BCUT2D eigenvalue weighted by Gasteiger charge is 2.20. The summed E-state index contributed by atoms with van der Waals surface area (Å²) in [6, 6.07) is 0. The number of carbonyl (C=O) groups is 1. The van der Waals surface area contributed by atoms with Gasteiger partial charge in [0.25, 0.3) is 0 Å². The molecular weight excluding hydrogens is 192 g/mol. The lowest BCUT2D eigenvalue weighted by Gasteiger charge is -2.18. The van der Waals surface area contributed by atoms with Crippen molar-refractivity contribution >= 4 is 17.2 Å². The van der Waals surface area contributed by atoms with Gasteiger partial charge >= 0.3 is 0 Å². The van der Waals surface area contributed by atoms with Crippen molar-refractivity contribution in [1.29, 1.82) is 0 Å². The van der Waals surface area contributed by atoms with Crippen LogP contribution in [0.15, 0.2) is 10.2 Å². The van der Waals surface area contributed by atoms with Crippen LogP contribution in [0.25, 0.3) is 0 Å². The minimum absolute atomic E-state index is 0.197. The summed E-state index contributed by atoms with van der Waals surface area (Å²) in [5.41, 5.74) is 1.80. The average molecular weight is 210 g/mol. The molecule has 0 atom stereocenters. The van der Waals surface area contributed by atoms with Crippen LogP contribution in [-0.4, -0.2) is 55.4 Å². The van der Waals surface area contributed by atoms with Crippen LogP contribution in [0.4, 0.5) is 0 Å². The van der Waals surface area contributed by atoms with Crippen LogP contribution in [0.2, 0.25) is 0 Å². The molecule has 1 saturated carbocycles. The molecule has 0 radical (unpaired) electrons. The summed E-state index contributed by atoms with van der Waals surface area (Å²) in [6.07, 6.45) is 1.64. The minimum Gasteiger partial charge on any atom is -0.303 e. The highest BCUT2D eigenvalue weighted by molar-refractivity contribution is 6.21. The predicted octanol–water partition coefficient (Wildman–Crippen LogP) is 0.575. The normalized spacial score (nSPS) is 22.3. The van der Waals surface area contributed by atoms with Gasteiger partial charge in [-0.15, -0.1) is 0 Å². The molecule has 1 aliphatic rings. The Balaban J connectivity index is 2.76. The number of hydrazone groups is 2. The molecule has 0 aromatic carbocycles. The fourth-order valence-corrected chi connectivity index (χ4v) is 1.59. The Kier molecular flexibility index (Phi) is 3.82. The van der Waals surface area contributed by atoms with Crippen molar-refractivity contribution < 1.29 is 4.79 Å². The number of hydrogen-bond donors (Lipinski definition) is 0. The lowest BCUT2D eigenvalue weighted by Crippen LogP contribution is -2.26. The van der Waals surface area contributed by atoms with Gasteiger partial charge in [-0.05, 0) is 0 Å². The molecule has 15 heavy (non-hydrogen) atoms. The van der Waals surface area contributed by atoms with E-state index < -0.39 is 0 Å². The third-order valence-electron chi connectivity index (χ3n) is 1.89. The SMILES string of the molecule is CN(C)N=C1CC(=O)CC(=NN(C)C)C1. The highest BCUT2D eigenvalue weighted by atomic mass is 16.1. The highest BCUT2D eigenvalue weighted by Crippen LogP contribution is 2.11. The molecule has 0 aliphatic heterocycles. The van der Waals surface area contributed by atoms with Crippen LogP contribution < -0.4 is 0 Å². The van der Waals surface area contributed by atoms with Gasteiger partial charge in [0.2, 0.25) is 0 Å². The first kappa shape index (κ1) is 11.7. The van der Waals surface area contributed by atoms with Crippen molar-refractivity contribution in [1.82, 2.24) is 10.0 Å². The van der Waals surface area contributed by atoms with Crippen LogP contribution in [0.1, 0.15) is 19.3 Å². The molecular formula is C10H18N4O. The summed E-state index contributed by atoms with van der Waals surface area (Å²) in [5, 5.41) is 12.0. The summed E-state index contributed by atoms with van der Waals surface area (Å²) in [4.78, 5) is 11.4. The maximum Gasteiger partial charge on any atom is 0.144 e. The van der Waals surface area contributed by atoms with Gasteiger partial charge in [0.1, 0.15) is 5.78 Å². The van der Waals surface area contributed by atoms with E-state index >= 15 is 0 Å². The fraction of sp³-hybridized carbons (Fsp3) is 0.700. The first-order chi connectivity index (χ1) is 6.97. The largest absolute Gasteiger partial charge is 0.303 e. The van der Waals surface area contributed by atoms with E-state index in [1.165, 1.54) is 0 Å². The second-order valence-electron chi connectivity index (χ2n) is 4.10. The predicted molar refractivity (Wildman–Crippen MR) is 61.1 cm³/mol. The minimum atomic E-state index is 0.197. The van der Waals surface area contributed by atoms with E-state index in [9.17, 15) is 4.79 Å². The van der Waals surface area contributed by atoms with E-state index in [1.807, 2.05) is 28.2 Å². The van der Waals surface area contributed by atoms with Crippen LogP contribution in [-0.2, 0) is 4.79 Å². The molecule has 0 heterocycles. The van der Waals surface area contributed by atoms with E-state index in [4.69, 9.17) is 0 Å². The van der Waals surface area contributed by atoms with E-state index in [0.717, 1.165) is 11.4 Å². The van der Waals surface area contributed by atoms with Gasteiger partial charge in [-0.1, -0.05) is 0 Å². The fourth-order valence-electron chi connectivity index (χ4n) is 1.59. The van der Waals surface area contributed by atoms with Gasteiger partial charge in [0.15, 0.2) is 0 Å². The molecule has 0 amide bonds. The first-order valence-corrected chi connectivity index (χ1v) is 4.96. The number of nitrogens with zero attached hydrogens (tertiary/aromatic N) is 4. The second kappa shape index (κ2) is 4.91. The Morgan fingerprint density at radius 1 is 0.867 bits per heavy atom. The Morgan fingerprint density at radius 3 is 1.60 bits per heavy atom. The smallest absolute Gasteiger partial charge is 0.144 e. The monoisotopic (exact) mass is 210 g/mol. The van der Waals surface area contributed by atoms with E-state index in [2.05, 4.69) is 10.2 Å². The van der Waals surface area contributed by atoms with Gasteiger partial charge in [0.05, 0.1) is 11.4 Å². The molecule has 5 heteroatoms. The molecule has 84 valence electrons. The van der Waals surface area contributed by atoms with Gasteiger partial charge < -0.3 is 10.0 Å². The quantitative estimate of drug-likeness (QED) is 0.626. The average Bonchev–Trinajstić information content (AvgIpc) is 1.98. The van der Waals surface area contributed by atoms with Crippen LogP contribution in [0, 0.1) is 0 Å². The molecule has 0 spiro atoms. The number of carbonyl (C=O) groups excluding carboxylic acids is 1. The van der Waals surface area contributed by atoms with Crippen molar-refractivity contribution in [3.05, 3.63) is 0 Å². The molecule has 0 N–H and O–H groups in total. The summed E-state index contributed by atoms with van der Waals surface area (Å²) >= 11 is 0. The van der Waals surface area contributed by atoms with Gasteiger partial charge in [0, 0.05) is 47.5 Å². The number of Topliss-reactive ketones (excluding diaryl/α,β-unsaturated/α-hetero) is 1. The lowest BCUT2D eigenvalue weighted by atomic mass is 9.95. The molecule has 0 unspecified atom stereocenters. The summed E-state index contributed by atoms with van der Waals surface area (Å²) in [6.45, 7) is 0. The maximum atomic E-state index is 11.4. The van der Waals surface area contributed by atoms with Crippen molar-refractivity contribution in [2.45, 2.75) is 19.3 Å². The zero-order valence-electron chi connectivity index (χ0n) is 9.82. The molecule has 0 aromatic heterocycles. The Labute approximate surface area is 90.4 Å². The summed E-state index contributed by atoms with van der Waals surface area (Å²) in [5.74, 6) is 0.197. The van der Waals surface area contributed by atoms with E-state index in [-0.39, 0.29) is 5.78 Å². The zero-order chi connectivity index (χ0) is 11.4. The van der Waals surface area contributed by atoms with Crippen molar-refractivity contribution in [3.8, 4) is 0 Å². The Bertz CT molecular complexity index is 277. The van der Waals surface area contributed by atoms with Crippen molar-refractivity contribution in [2.24, 2.45) is 10.2 Å². The van der Waals surface area contributed by atoms with Crippen molar-refractivity contribution in [2.75, 3.05) is 28.2 Å². The van der Waals surface area contributed by atoms with Gasteiger partial charge in [-0.25, -0.2) is 0 Å². The molecule has 0 saturated heterocycles. The van der Waals surface area contributed by atoms with Crippen LogP contribution in [0.3, 0.4) is 0 Å². The molecule has 0 aromatic rings.